The van der Waals surface area contributed by atoms with Crippen LogP contribution in [0.25, 0.3) is 11.2 Å². The Kier molecular flexibility index (Phi) is 3.39. The first-order chi connectivity index (χ1) is 9.50. The molecule has 0 aliphatic carbocycles. The fraction of sp³-hybridized carbons (Fsp3) is 0.545. The van der Waals surface area contributed by atoms with Gasteiger partial charge in [0.1, 0.15) is 0 Å². The zero-order chi connectivity index (χ0) is 14.4. The summed E-state index contributed by atoms with van der Waals surface area (Å²) < 4.78 is 7.31. The molecule has 3 rings (SSSR count). The first-order valence-corrected chi connectivity index (χ1v) is 7.21. The molecule has 108 valence electrons. The van der Waals surface area contributed by atoms with Crippen molar-refractivity contribution in [2.24, 2.45) is 0 Å². The van der Waals surface area contributed by atoms with Crippen LogP contribution in [-0.2, 0) is 4.74 Å². The number of anilines is 1. The van der Waals surface area contributed by atoms with Crippen molar-refractivity contribution in [3.05, 3.63) is 12.7 Å². The van der Waals surface area contributed by atoms with Gasteiger partial charge in [-0.05, 0) is 0 Å². The van der Waals surface area contributed by atoms with Gasteiger partial charge in [0.2, 0.25) is 0 Å². The normalized spacial score (nSPS) is 31.8. The van der Waals surface area contributed by atoms with Gasteiger partial charge in [-0.1, -0.05) is 0 Å². The first kappa shape index (κ1) is 13.7. The van der Waals surface area contributed by atoms with Gasteiger partial charge in [0.05, 0.1) is 0 Å². The Balaban J connectivity index is 2.02. The Bertz CT molecular complexity index is 634. The Labute approximate surface area is 122 Å². The van der Waals surface area contributed by atoms with Crippen molar-refractivity contribution in [3.8, 4) is 0 Å². The summed E-state index contributed by atoms with van der Waals surface area (Å²) in [4.78, 5) is 12.1. The van der Waals surface area contributed by atoms with Crippen LogP contribution in [0.1, 0.15) is 13.2 Å². The van der Waals surface area contributed by atoms with Gasteiger partial charge in [0.25, 0.3) is 0 Å². The van der Waals surface area contributed by atoms with Crippen molar-refractivity contribution in [1.29, 1.82) is 0 Å². The molecule has 8 nitrogen and oxygen atoms in total. The van der Waals surface area contributed by atoms with Crippen molar-refractivity contribution in [2.45, 2.75) is 36.3 Å². The predicted octanol–water partition coefficient (Wildman–Crippen LogP) is -1.26. The summed E-state index contributed by atoms with van der Waals surface area (Å²) in [5.41, 5.74) is 6.63. The molecule has 3 heterocycles. The van der Waals surface area contributed by atoms with Crippen LogP contribution in [0, 0.1) is 0 Å². The summed E-state index contributed by atoms with van der Waals surface area (Å²) in [5.74, 6) is 0.263. The number of fused-ring (bicyclic) bond motifs is 1. The van der Waals surface area contributed by atoms with Gasteiger partial charge < -0.3 is 0 Å². The Morgan fingerprint density at radius 3 is 2.75 bits per heavy atom. The molecular weight excluding hydrogens is 329 g/mol. The number of nitrogens with zero attached hydrogens (tertiary/aromatic N) is 4. The molecule has 0 radical (unpaired) electrons. The second-order valence-corrected chi connectivity index (χ2v) is 6.50. The molecule has 0 saturated carbocycles. The third-order valence-corrected chi connectivity index (χ3v) is 4.03. The summed E-state index contributed by atoms with van der Waals surface area (Å²) >= 11 is 2.40. The molecule has 1 aliphatic rings. The summed E-state index contributed by atoms with van der Waals surface area (Å²) in [5, 5.41) is 20.2. The summed E-state index contributed by atoms with van der Waals surface area (Å²) in [7, 11) is 0. The number of hydrogen-bond donors (Lipinski definition) is 3. The minimum atomic E-state index is -1.06. The van der Waals surface area contributed by atoms with Crippen LogP contribution >= 0.6 is 0 Å². The number of hydrogen-bond acceptors (Lipinski definition) is 7. The van der Waals surface area contributed by atoms with Gasteiger partial charge in [-0.25, -0.2) is 0 Å². The maximum absolute atomic E-state index is 10.2. The molecule has 1 saturated heterocycles. The summed E-state index contributed by atoms with van der Waals surface area (Å²) in [6, 6.07) is 0. The molecule has 5 atom stereocenters. The van der Waals surface area contributed by atoms with E-state index in [9.17, 15) is 10.2 Å². The van der Waals surface area contributed by atoms with Crippen LogP contribution in [0.3, 0.4) is 0 Å². The molecule has 4 N–H and O–H groups in total. The summed E-state index contributed by atoms with van der Waals surface area (Å²) in [6.45, 7) is 1.90. The topological polar surface area (TPSA) is 119 Å². The molecule has 20 heavy (non-hydrogen) atoms. The molecule has 2 aromatic heterocycles. The third kappa shape index (κ3) is 1.99. The van der Waals surface area contributed by atoms with E-state index >= 15 is 0 Å². The zero-order valence-corrected chi connectivity index (χ0v) is 12.5. The van der Waals surface area contributed by atoms with E-state index in [-0.39, 0.29) is 10.6 Å². The fourth-order valence-corrected chi connectivity index (χ4v) is 2.89. The average molecular weight is 344 g/mol. The van der Waals surface area contributed by atoms with E-state index < -0.39 is 24.5 Å². The molecule has 0 aromatic carbocycles. The number of aromatic nitrogens is 4. The van der Waals surface area contributed by atoms with E-state index in [0.29, 0.717) is 11.2 Å². The van der Waals surface area contributed by atoms with E-state index in [0.717, 1.165) is 0 Å². The van der Waals surface area contributed by atoms with Crippen molar-refractivity contribution in [1.82, 2.24) is 19.5 Å². The van der Waals surface area contributed by atoms with Gasteiger partial charge in [-0.2, -0.15) is 0 Å². The summed E-state index contributed by atoms with van der Waals surface area (Å²) in [6.07, 6.45) is -0.430. The Hall–Kier alpha value is -1.25. The number of aliphatic hydroxyl groups excluding tert-OH is 2. The van der Waals surface area contributed by atoms with Crippen LogP contribution in [0.2, 0.25) is 4.82 Å². The van der Waals surface area contributed by atoms with Gasteiger partial charge in [-0.15, -0.1) is 0 Å². The molecule has 2 aromatic rings. The number of imidazole rings is 1. The second kappa shape index (κ2) is 4.94. The predicted molar refractivity (Wildman–Crippen MR) is 72.2 cm³/mol. The number of aliphatic hydroxyl groups is 2. The van der Waals surface area contributed by atoms with Crippen molar-refractivity contribution in [2.75, 3.05) is 5.73 Å². The molecule has 1 unspecified atom stereocenters. The zero-order valence-electron chi connectivity index (χ0n) is 10.7. The van der Waals surface area contributed by atoms with E-state index in [4.69, 9.17) is 10.5 Å². The van der Waals surface area contributed by atoms with E-state index in [2.05, 4.69) is 31.0 Å². The van der Waals surface area contributed by atoms with Crippen LogP contribution in [-0.4, -0.2) is 64.1 Å². The number of nitrogens with two attached hydrogens (primary N) is 1. The Morgan fingerprint density at radius 1 is 1.35 bits per heavy atom. The number of nitrogen functional groups attached to an aromatic ring is 1. The van der Waals surface area contributed by atoms with Crippen LogP contribution in [0.4, 0.5) is 5.82 Å². The Morgan fingerprint density at radius 2 is 2.10 bits per heavy atom. The molecule has 1 fully saturated rings. The van der Waals surface area contributed by atoms with Crippen LogP contribution in [0.15, 0.2) is 12.7 Å². The molecule has 1 aliphatic heterocycles. The molecule has 0 spiro atoms. The van der Waals surface area contributed by atoms with Gasteiger partial charge >= 0.3 is 122 Å². The average Bonchev–Trinajstić information content (AvgIpc) is 2.94. The van der Waals surface area contributed by atoms with Gasteiger partial charge in [0, 0.05) is 0 Å². The molecular formula is C11H15N5O3Se. The standard InChI is InChI=1S/C11H15N5O3Se/c1-4(20)8-6(17)7(18)11(19-8)16-3-15-5-9(12)13-2-14-10(5)16/h2-4,6-8,11,17-18,20H,1H3,(H2,12,13,14)/t4?,6-,7+,8+,11+/m0/s1. The first-order valence-electron chi connectivity index (χ1n) is 6.13. The SMILES string of the molecule is CC([SeH])[C@H]1O[C@@H](n2cnc3c(N)ncnc32)[C@H](O)[C@@H]1O. The van der Waals surface area contributed by atoms with E-state index in [1.54, 1.807) is 4.57 Å². The van der Waals surface area contributed by atoms with E-state index in [1.165, 1.54) is 12.7 Å². The second-order valence-electron chi connectivity index (χ2n) is 4.80. The molecule has 9 heteroatoms. The van der Waals surface area contributed by atoms with Gasteiger partial charge in [0.15, 0.2) is 0 Å². The number of ether oxygens (including phenoxy) is 1. The van der Waals surface area contributed by atoms with Crippen LogP contribution in [0.5, 0.6) is 0 Å². The van der Waals surface area contributed by atoms with Crippen molar-refractivity contribution in [3.63, 3.8) is 0 Å². The minimum absolute atomic E-state index is 0.0200. The van der Waals surface area contributed by atoms with E-state index in [1.807, 2.05) is 6.92 Å². The monoisotopic (exact) mass is 345 g/mol. The maximum atomic E-state index is 10.2. The fourth-order valence-electron chi connectivity index (χ4n) is 2.37. The quantitative estimate of drug-likeness (QED) is 0.582. The molecule has 0 amide bonds. The van der Waals surface area contributed by atoms with Crippen molar-refractivity contribution < 1.29 is 14.9 Å². The molecule has 0 bridgehead atoms. The third-order valence-electron chi connectivity index (χ3n) is 3.41. The van der Waals surface area contributed by atoms with Gasteiger partial charge in [-0.3, -0.25) is 0 Å². The van der Waals surface area contributed by atoms with Crippen LogP contribution < -0.4 is 5.73 Å². The van der Waals surface area contributed by atoms with Crippen molar-refractivity contribution >= 4 is 33.0 Å². The number of rotatable bonds is 2.